The number of rotatable bonds is 6. The van der Waals surface area contributed by atoms with Gasteiger partial charge < -0.3 is 10.3 Å². The van der Waals surface area contributed by atoms with E-state index in [1.807, 2.05) is 49.5 Å². The number of nitrogens with zero attached hydrogens (tertiary/aromatic N) is 4. The summed E-state index contributed by atoms with van der Waals surface area (Å²) in [6, 6.07) is 18.2. The number of aromatic amines is 1. The number of para-hydroxylation sites is 2. The molecule has 0 amide bonds. The summed E-state index contributed by atoms with van der Waals surface area (Å²) in [5.74, 6) is 0.996. The van der Waals surface area contributed by atoms with Gasteiger partial charge in [0.2, 0.25) is 0 Å². The van der Waals surface area contributed by atoms with Gasteiger partial charge in [0.15, 0.2) is 0 Å². The molecular formula is C19H20N6. The smallest absolute Gasteiger partial charge is 0.117 e. The molecule has 4 aromatic rings. The lowest BCUT2D eigenvalue weighted by molar-refractivity contribution is 0.620. The largest absolute Gasteiger partial charge is 0.342 e. The zero-order chi connectivity index (χ0) is 17.1. The summed E-state index contributed by atoms with van der Waals surface area (Å²) in [4.78, 5) is 9.57. The maximum Gasteiger partial charge on any atom is 0.117 e. The zero-order valence-corrected chi connectivity index (χ0v) is 14.1. The Kier molecular flexibility index (Phi) is 4.26. The molecule has 2 aromatic heterocycles. The molecule has 6 heteroatoms. The normalized spacial score (nSPS) is 11.2. The molecule has 0 unspecified atom stereocenters. The van der Waals surface area contributed by atoms with Gasteiger partial charge in [-0.05, 0) is 12.1 Å². The highest BCUT2D eigenvalue weighted by molar-refractivity contribution is 5.74. The second-order valence-electron chi connectivity index (χ2n) is 5.98. The van der Waals surface area contributed by atoms with Crippen LogP contribution in [0.3, 0.4) is 0 Å². The number of aromatic nitrogens is 5. The maximum atomic E-state index is 4.60. The fourth-order valence-corrected chi connectivity index (χ4v) is 2.92. The van der Waals surface area contributed by atoms with Crippen LogP contribution in [0.1, 0.15) is 11.5 Å². The minimum atomic E-state index is 0.679. The minimum Gasteiger partial charge on any atom is -0.342 e. The van der Waals surface area contributed by atoms with Gasteiger partial charge in [0.1, 0.15) is 17.2 Å². The van der Waals surface area contributed by atoms with Crippen LogP contribution in [0.25, 0.3) is 22.3 Å². The van der Waals surface area contributed by atoms with Gasteiger partial charge in [0, 0.05) is 32.1 Å². The highest BCUT2D eigenvalue weighted by Crippen LogP contribution is 2.19. The predicted octanol–water partition coefficient (Wildman–Crippen LogP) is 2.69. The number of fused-ring (bicyclic) bond motifs is 1. The van der Waals surface area contributed by atoms with Gasteiger partial charge in [0.05, 0.1) is 11.0 Å². The molecule has 0 fully saturated rings. The van der Waals surface area contributed by atoms with E-state index in [-0.39, 0.29) is 0 Å². The van der Waals surface area contributed by atoms with E-state index in [9.17, 15) is 0 Å². The molecule has 0 spiro atoms. The molecule has 0 radical (unpaired) electrons. The summed E-state index contributed by atoms with van der Waals surface area (Å²) < 4.78 is 0. The van der Waals surface area contributed by atoms with E-state index in [1.165, 1.54) is 0 Å². The molecular weight excluding hydrogens is 312 g/mol. The minimum absolute atomic E-state index is 0.679. The van der Waals surface area contributed by atoms with Crippen molar-refractivity contribution in [1.82, 2.24) is 30.3 Å². The van der Waals surface area contributed by atoms with Crippen molar-refractivity contribution in [3.63, 3.8) is 0 Å². The van der Waals surface area contributed by atoms with E-state index in [2.05, 4.69) is 37.6 Å². The van der Waals surface area contributed by atoms with E-state index in [1.54, 1.807) is 4.80 Å². The standard InChI is InChI=1S/C19H20N6/c1-25-23-17(19(24-25)14-7-3-2-4-8-14)13-20-12-11-18-21-15-9-5-6-10-16(15)22-18/h2-10,20H,11-13H2,1H3,(H,21,22). The van der Waals surface area contributed by atoms with Crippen molar-refractivity contribution in [3.05, 3.63) is 66.1 Å². The average Bonchev–Trinajstić information content (AvgIpc) is 3.22. The molecule has 2 N–H and O–H groups in total. The second-order valence-corrected chi connectivity index (χ2v) is 5.98. The first-order chi connectivity index (χ1) is 12.3. The lowest BCUT2D eigenvalue weighted by Crippen LogP contribution is -2.18. The Bertz CT molecular complexity index is 937. The molecule has 0 saturated carbocycles. The first-order valence-electron chi connectivity index (χ1n) is 8.39. The Morgan fingerprint density at radius 2 is 1.80 bits per heavy atom. The second kappa shape index (κ2) is 6.86. The van der Waals surface area contributed by atoms with E-state index in [4.69, 9.17) is 0 Å². The third-order valence-electron chi connectivity index (χ3n) is 4.10. The van der Waals surface area contributed by atoms with Crippen LogP contribution in [0.4, 0.5) is 0 Å². The summed E-state index contributed by atoms with van der Waals surface area (Å²) in [5, 5.41) is 12.4. The summed E-state index contributed by atoms with van der Waals surface area (Å²) in [6.07, 6.45) is 0.843. The Balaban J connectivity index is 1.39. The molecule has 6 nitrogen and oxygen atoms in total. The van der Waals surface area contributed by atoms with Crippen LogP contribution in [-0.4, -0.2) is 31.5 Å². The van der Waals surface area contributed by atoms with E-state index >= 15 is 0 Å². The van der Waals surface area contributed by atoms with Crippen LogP contribution in [0.15, 0.2) is 54.6 Å². The Hall–Kier alpha value is -2.99. The van der Waals surface area contributed by atoms with Gasteiger partial charge >= 0.3 is 0 Å². The monoisotopic (exact) mass is 332 g/mol. The van der Waals surface area contributed by atoms with Crippen LogP contribution in [0.2, 0.25) is 0 Å². The maximum absolute atomic E-state index is 4.60. The van der Waals surface area contributed by atoms with Gasteiger partial charge in [-0.1, -0.05) is 42.5 Å². The molecule has 25 heavy (non-hydrogen) atoms. The first kappa shape index (κ1) is 15.5. The molecule has 0 atom stereocenters. The van der Waals surface area contributed by atoms with Crippen molar-refractivity contribution in [2.75, 3.05) is 6.54 Å². The summed E-state index contributed by atoms with van der Waals surface area (Å²) in [5.41, 5.74) is 5.07. The van der Waals surface area contributed by atoms with Gasteiger partial charge in [-0.25, -0.2) is 4.98 Å². The van der Waals surface area contributed by atoms with E-state index in [0.717, 1.165) is 46.8 Å². The molecule has 4 rings (SSSR count). The summed E-state index contributed by atoms with van der Waals surface area (Å²) in [7, 11) is 1.85. The van der Waals surface area contributed by atoms with Gasteiger partial charge in [-0.2, -0.15) is 15.0 Å². The van der Waals surface area contributed by atoms with Crippen LogP contribution < -0.4 is 5.32 Å². The molecule has 126 valence electrons. The number of hydrogen-bond acceptors (Lipinski definition) is 4. The Labute approximate surface area is 145 Å². The predicted molar refractivity (Wildman–Crippen MR) is 97.9 cm³/mol. The SMILES string of the molecule is Cn1nc(CNCCc2nc3ccccc3[nH]2)c(-c2ccccc2)n1. The summed E-state index contributed by atoms with van der Waals surface area (Å²) in [6.45, 7) is 1.50. The summed E-state index contributed by atoms with van der Waals surface area (Å²) >= 11 is 0. The number of H-pyrrole nitrogens is 1. The fourth-order valence-electron chi connectivity index (χ4n) is 2.92. The van der Waals surface area contributed by atoms with Crippen LogP contribution in [0.5, 0.6) is 0 Å². The third kappa shape index (κ3) is 3.44. The fraction of sp³-hybridized carbons (Fsp3) is 0.211. The molecule has 0 aliphatic rings. The highest BCUT2D eigenvalue weighted by atomic mass is 15.5. The first-order valence-corrected chi connectivity index (χ1v) is 8.39. The third-order valence-corrected chi connectivity index (χ3v) is 4.10. The lowest BCUT2D eigenvalue weighted by Gasteiger charge is -2.03. The van der Waals surface area contributed by atoms with Gasteiger partial charge in [-0.15, -0.1) is 0 Å². The van der Waals surface area contributed by atoms with E-state index < -0.39 is 0 Å². The number of aryl methyl sites for hydroxylation is 1. The van der Waals surface area contributed by atoms with E-state index in [0.29, 0.717) is 6.54 Å². The van der Waals surface area contributed by atoms with Crippen molar-refractivity contribution >= 4 is 11.0 Å². The number of benzene rings is 2. The molecule has 2 heterocycles. The number of nitrogens with one attached hydrogen (secondary N) is 2. The Morgan fingerprint density at radius 3 is 2.64 bits per heavy atom. The zero-order valence-electron chi connectivity index (χ0n) is 14.1. The molecule has 0 aliphatic heterocycles. The topological polar surface area (TPSA) is 71.4 Å². The van der Waals surface area contributed by atoms with Gasteiger partial charge in [0.25, 0.3) is 0 Å². The van der Waals surface area contributed by atoms with Crippen molar-refractivity contribution < 1.29 is 0 Å². The van der Waals surface area contributed by atoms with Gasteiger partial charge in [-0.3, -0.25) is 0 Å². The number of hydrogen-bond donors (Lipinski definition) is 2. The quantitative estimate of drug-likeness (QED) is 0.533. The van der Waals surface area contributed by atoms with Crippen molar-refractivity contribution in [1.29, 1.82) is 0 Å². The molecule has 0 bridgehead atoms. The van der Waals surface area contributed by atoms with Crippen molar-refractivity contribution in [3.8, 4) is 11.3 Å². The van der Waals surface area contributed by atoms with Crippen LogP contribution >= 0.6 is 0 Å². The van der Waals surface area contributed by atoms with Crippen molar-refractivity contribution in [2.24, 2.45) is 7.05 Å². The molecule has 0 aliphatic carbocycles. The van der Waals surface area contributed by atoms with Crippen LogP contribution in [0, 0.1) is 0 Å². The molecule has 0 saturated heterocycles. The number of imidazole rings is 1. The molecule has 2 aromatic carbocycles. The average molecular weight is 332 g/mol. The lowest BCUT2D eigenvalue weighted by atomic mass is 10.1. The Morgan fingerprint density at radius 1 is 1.00 bits per heavy atom. The van der Waals surface area contributed by atoms with Crippen LogP contribution in [-0.2, 0) is 20.0 Å². The highest BCUT2D eigenvalue weighted by Gasteiger charge is 2.11. The van der Waals surface area contributed by atoms with Crippen molar-refractivity contribution in [2.45, 2.75) is 13.0 Å².